The highest BCUT2D eigenvalue weighted by atomic mass is 32.2. The number of hydrogen-bond donors (Lipinski definition) is 1. The van der Waals surface area contributed by atoms with E-state index in [9.17, 15) is 19.7 Å². The van der Waals surface area contributed by atoms with Gasteiger partial charge in [-0.05, 0) is 62.4 Å². The first-order chi connectivity index (χ1) is 18.9. The number of fused-ring (bicyclic) bond motifs is 3. The number of hydrazone groups is 1. The topological polar surface area (TPSA) is 129 Å². The number of non-ortho nitro benzene ring substituents is 1. The second kappa shape index (κ2) is 11.4. The first kappa shape index (κ1) is 26.6. The molecule has 0 spiro atoms. The third-order valence-corrected chi connectivity index (χ3v) is 8.57. The molecule has 1 aliphatic rings. The molecule has 5 rings (SSSR count). The number of amides is 1. The Labute approximate surface area is 231 Å². The number of benzene rings is 2. The smallest absolute Gasteiger partial charge is 0.270 e. The Morgan fingerprint density at radius 3 is 2.74 bits per heavy atom. The molecule has 0 saturated heterocycles. The number of nitrogens with one attached hydrogen (secondary N) is 1. The number of thiophene rings is 1. The van der Waals surface area contributed by atoms with Crippen LogP contribution in [0.4, 0.5) is 5.69 Å². The fourth-order valence-electron chi connectivity index (χ4n) is 4.46. The highest BCUT2D eigenvalue weighted by Gasteiger charge is 2.23. The van der Waals surface area contributed by atoms with Crippen LogP contribution in [0.2, 0.25) is 0 Å². The Bertz CT molecular complexity index is 1660. The lowest BCUT2D eigenvalue weighted by Crippen LogP contribution is -2.24. The van der Waals surface area contributed by atoms with Crippen LogP contribution in [-0.2, 0) is 17.6 Å². The van der Waals surface area contributed by atoms with Crippen molar-refractivity contribution in [2.45, 2.75) is 37.8 Å². The summed E-state index contributed by atoms with van der Waals surface area (Å²) in [5, 5.41) is 16.2. The van der Waals surface area contributed by atoms with Gasteiger partial charge in [0.05, 0.1) is 34.6 Å². The van der Waals surface area contributed by atoms with Crippen LogP contribution in [0, 0.1) is 10.1 Å². The van der Waals surface area contributed by atoms with Gasteiger partial charge in [0.25, 0.3) is 17.2 Å². The summed E-state index contributed by atoms with van der Waals surface area (Å²) in [6.07, 6.45) is 3.97. The number of aromatic nitrogens is 2. The van der Waals surface area contributed by atoms with Gasteiger partial charge in [0.2, 0.25) is 0 Å². The lowest BCUT2D eigenvalue weighted by Gasteiger charge is -2.14. The second-order valence-corrected chi connectivity index (χ2v) is 11.0. The van der Waals surface area contributed by atoms with Gasteiger partial charge in [-0.1, -0.05) is 23.9 Å². The minimum atomic E-state index is -0.484. The van der Waals surface area contributed by atoms with E-state index in [4.69, 9.17) is 9.72 Å². The summed E-state index contributed by atoms with van der Waals surface area (Å²) in [7, 11) is 1.58. The van der Waals surface area contributed by atoms with Crippen LogP contribution in [-0.4, -0.2) is 39.0 Å². The van der Waals surface area contributed by atoms with Gasteiger partial charge in [0, 0.05) is 22.6 Å². The van der Waals surface area contributed by atoms with E-state index in [0.29, 0.717) is 38.1 Å². The third-order valence-electron chi connectivity index (χ3n) is 6.44. The summed E-state index contributed by atoms with van der Waals surface area (Å²) < 4.78 is 6.82. The van der Waals surface area contributed by atoms with E-state index in [2.05, 4.69) is 10.5 Å². The van der Waals surface area contributed by atoms with Gasteiger partial charge < -0.3 is 4.74 Å². The van der Waals surface area contributed by atoms with Crippen molar-refractivity contribution < 1.29 is 14.5 Å². The molecule has 1 N–H and O–H groups in total. The number of hydrogen-bond acceptors (Lipinski definition) is 9. The molecule has 2 aromatic carbocycles. The average Bonchev–Trinajstić information content (AvgIpc) is 3.33. The second-order valence-electron chi connectivity index (χ2n) is 8.95. The normalized spacial score (nSPS) is 13.2. The fraction of sp³-hybridized carbons (Fsp3) is 0.259. The van der Waals surface area contributed by atoms with Gasteiger partial charge in [0.15, 0.2) is 5.16 Å². The predicted octanol–water partition coefficient (Wildman–Crippen LogP) is 4.88. The monoisotopic (exact) mass is 563 g/mol. The molecular weight excluding hydrogens is 538 g/mol. The van der Waals surface area contributed by atoms with Gasteiger partial charge >= 0.3 is 0 Å². The van der Waals surface area contributed by atoms with Crippen LogP contribution in [0.15, 0.2) is 63.6 Å². The van der Waals surface area contributed by atoms with Crippen LogP contribution in [0.3, 0.4) is 0 Å². The molecule has 2 heterocycles. The Morgan fingerprint density at radius 1 is 1.23 bits per heavy atom. The Balaban J connectivity index is 1.42. The number of nitro benzene ring substituents is 1. The van der Waals surface area contributed by atoms with E-state index in [-0.39, 0.29) is 17.0 Å². The Morgan fingerprint density at radius 2 is 2.00 bits per heavy atom. The SMILES string of the molecule is COc1ccc(-n2c(SCC(=O)NN=C(C)c3cccc([N+](=O)[O-])c3)nc3sc4c(c3c2=O)CCCC4)cc1. The summed E-state index contributed by atoms with van der Waals surface area (Å²) in [6, 6.07) is 13.2. The molecule has 4 aromatic rings. The van der Waals surface area contributed by atoms with E-state index in [0.717, 1.165) is 43.0 Å². The van der Waals surface area contributed by atoms with Crippen molar-refractivity contribution >= 4 is 50.6 Å². The number of methoxy groups -OCH3 is 1. The number of ether oxygens (including phenoxy) is 1. The molecule has 0 bridgehead atoms. The van der Waals surface area contributed by atoms with Crippen LogP contribution < -0.4 is 15.7 Å². The van der Waals surface area contributed by atoms with Crippen LogP contribution in [0.1, 0.15) is 35.8 Å². The molecule has 1 amide bonds. The van der Waals surface area contributed by atoms with E-state index in [1.165, 1.54) is 17.0 Å². The van der Waals surface area contributed by atoms with E-state index in [1.807, 2.05) is 0 Å². The molecule has 39 heavy (non-hydrogen) atoms. The Kier molecular flexibility index (Phi) is 7.75. The van der Waals surface area contributed by atoms with Crippen molar-refractivity contribution in [3.05, 3.63) is 85.0 Å². The molecule has 0 radical (unpaired) electrons. The van der Waals surface area contributed by atoms with Gasteiger partial charge in [-0.3, -0.25) is 24.3 Å². The molecule has 0 aliphatic heterocycles. The van der Waals surface area contributed by atoms with Crippen LogP contribution >= 0.6 is 23.1 Å². The minimum absolute atomic E-state index is 0.0368. The zero-order valence-electron chi connectivity index (χ0n) is 21.3. The van der Waals surface area contributed by atoms with E-state index in [1.54, 1.807) is 66.3 Å². The molecule has 1 aliphatic carbocycles. The van der Waals surface area contributed by atoms with Crippen molar-refractivity contribution in [2.75, 3.05) is 12.9 Å². The van der Waals surface area contributed by atoms with Gasteiger partial charge in [0.1, 0.15) is 10.6 Å². The number of nitrogens with zero attached hydrogens (tertiary/aromatic N) is 4. The van der Waals surface area contributed by atoms with Crippen LogP contribution in [0.25, 0.3) is 15.9 Å². The number of rotatable bonds is 8. The van der Waals surface area contributed by atoms with Crippen LogP contribution in [0.5, 0.6) is 5.75 Å². The summed E-state index contributed by atoms with van der Waals surface area (Å²) in [5.41, 5.74) is 4.98. The molecule has 10 nitrogen and oxygen atoms in total. The third kappa shape index (κ3) is 5.57. The standard InChI is InChI=1S/C27H25N5O5S2/c1-16(17-6-5-7-19(14-17)32(35)36)29-30-23(33)15-38-27-28-25-24(21-8-3-4-9-22(21)39-25)26(34)31(27)18-10-12-20(37-2)13-11-18/h5-7,10-14H,3-4,8-9,15H2,1-2H3,(H,30,33). The van der Waals surface area contributed by atoms with Crippen molar-refractivity contribution in [3.63, 3.8) is 0 Å². The molecule has 0 saturated carbocycles. The van der Waals surface area contributed by atoms with E-state index >= 15 is 0 Å². The maximum Gasteiger partial charge on any atom is 0.270 e. The highest BCUT2D eigenvalue weighted by Crippen LogP contribution is 2.35. The Hall–Kier alpha value is -4.03. The highest BCUT2D eigenvalue weighted by molar-refractivity contribution is 7.99. The molecule has 0 fully saturated rings. The lowest BCUT2D eigenvalue weighted by molar-refractivity contribution is -0.384. The average molecular weight is 564 g/mol. The molecular formula is C27H25N5O5S2. The molecule has 200 valence electrons. The molecule has 2 aromatic heterocycles. The zero-order valence-corrected chi connectivity index (χ0v) is 22.9. The van der Waals surface area contributed by atoms with Gasteiger partial charge in [-0.2, -0.15) is 5.10 Å². The summed E-state index contributed by atoms with van der Waals surface area (Å²) in [4.78, 5) is 43.8. The summed E-state index contributed by atoms with van der Waals surface area (Å²) in [5.74, 6) is 0.232. The maximum atomic E-state index is 13.8. The van der Waals surface area contributed by atoms with Crippen molar-refractivity contribution in [3.8, 4) is 11.4 Å². The van der Waals surface area contributed by atoms with Gasteiger partial charge in [-0.25, -0.2) is 10.4 Å². The maximum absolute atomic E-state index is 13.8. The van der Waals surface area contributed by atoms with Crippen molar-refractivity contribution in [1.29, 1.82) is 0 Å². The molecule has 0 unspecified atom stereocenters. The number of nitro groups is 1. The first-order valence-corrected chi connectivity index (χ1v) is 14.1. The number of thioether (sulfide) groups is 1. The number of carbonyl (C=O) groups excluding carboxylic acids is 1. The van der Waals surface area contributed by atoms with E-state index < -0.39 is 10.8 Å². The molecule has 0 atom stereocenters. The first-order valence-electron chi connectivity index (χ1n) is 12.3. The molecule has 12 heteroatoms. The number of carbonyl (C=O) groups is 1. The largest absolute Gasteiger partial charge is 0.497 e. The van der Waals surface area contributed by atoms with Crippen molar-refractivity contribution in [1.82, 2.24) is 15.0 Å². The van der Waals surface area contributed by atoms with Gasteiger partial charge in [-0.15, -0.1) is 11.3 Å². The predicted molar refractivity (Wildman–Crippen MR) is 153 cm³/mol. The van der Waals surface area contributed by atoms with Crippen molar-refractivity contribution in [2.24, 2.45) is 5.10 Å². The lowest BCUT2D eigenvalue weighted by atomic mass is 9.97. The number of aryl methyl sites for hydroxylation is 2. The summed E-state index contributed by atoms with van der Waals surface area (Å²) >= 11 is 2.70. The zero-order chi connectivity index (χ0) is 27.5. The fourth-order valence-corrected chi connectivity index (χ4v) is 6.57. The minimum Gasteiger partial charge on any atom is -0.497 e. The summed E-state index contributed by atoms with van der Waals surface area (Å²) in [6.45, 7) is 1.65. The quantitative estimate of drug-likeness (QED) is 0.106.